The van der Waals surface area contributed by atoms with Crippen LogP contribution < -0.4 is 0 Å². The Morgan fingerprint density at radius 2 is 1.70 bits per heavy atom. The number of allylic oxidation sites excluding steroid dienone is 1. The van der Waals surface area contributed by atoms with Gasteiger partial charge in [0.25, 0.3) is 0 Å². The first kappa shape index (κ1) is 15.6. The van der Waals surface area contributed by atoms with E-state index in [0.29, 0.717) is 27.1 Å². The van der Waals surface area contributed by atoms with Crippen LogP contribution in [0.3, 0.4) is 0 Å². The molecule has 0 aliphatic rings. The Hall–Kier alpha value is -2.29. The SMILES string of the molecule is O=C(/C=C/c1ccc(-c2cccc(Cl)c2)o1)c1ccc(Cl)cc1. The molecule has 0 radical (unpaired) electrons. The first-order valence-electron chi connectivity index (χ1n) is 6.95. The number of carbonyl (C=O) groups excluding carboxylic acids is 1. The molecule has 2 aromatic carbocycles. The van der Waals surface area contributed by atoms with E-state index in [1.54, 1.807) is 36.4 Å². The average molecular weight is 343 g/mol. The van der Waals surface area contributed by atoms with Gasteiger partial charge in [0, 0.05) is 21.2 Å². The molecular weight excluding hydrogens is 331 g/mol. The average Bonchev–Trinajstić information content (AvgIpc) is 3.02. The van der Waals surface area contributed by atoms with Crippen LogP contribution in [0.4, 0.5) is 0 Å². The number of carbonyl (C=O) groups is 1. The normalized spacial score (nSPS) is 11.0. The summed E-state index contributed by atoms with van der Waals surface area (Å²) >= 11 is 11.8. The van der Waals surface area contributed by atoms with Crippen molar-refractivity contribution in [1.29, 1.82) is 0 Å². The second kappa shape index (κ2) is 6.86. The molecule has 2 nitrogen and oxygen atoms in total. The zero-order chi connectivity index (χ0) is 16.2. The molecule has 1 heterocycles. The van der Waals surface area contributed by atoms with Gasteiger partial charge in [-0.15, -0.1) is 0 Å². The van der Waals surface area contributed by atoms with Gasteiger partial charge < -0.3 is 4.42 Å². The van der Waals surface area contributed by atoms with E-state index in [4.69, 9.17) is 27.6 Å². The Morgan fingerprint density at radius 1 is 0.913 bits per heavy atom. The van der Waals surface area contributed by atoms with Crippen LogP contribution in [-0.4, -0.2) is 5.78 Å². The molecule has 0 amide bonds. The number of hydrogen-bond acceptors (Lipinski definition) is 2. The van der Waals surface area contributed by atoms with E-state index in [-0.39, 0.29) is 5.78 Å². The lowest BCUT2D eigenvalue weighted by atomic mass is 10.1. The second-order valence-electron chi connectivity index (χ2n) is 4.92. The van der Waals surface area contributed by atoms with Crippen molar-refractivity contribution < 1.29 is 9.21 Å². The molecule has 0 fully saturated rings. The molecule has 3 rings (SSSR count). The number of benzene rings is 2. The fourth-order valence-corrected chi connectivity index (χ4v) is 2.42. The van der Waals surface area contributed by atoms with Crippen molar-refractivity contribution in [3.05, 3.63) is 88.1 Å². The minimum Gasteiger partial charge on any atom is -0.457 e. The lowest BCUT2D eigenvalue weighted by Gasteiger charge is -1.97. The highest BCUT2D eigenvalue weighted by Gasteiger charge is 2.05. The van der Waals surface area contributed by atoms with Crippen molar-refractivity contribution in [2.24, 2.45) is 0 Å². The van der Waals surface area contributed by atoms with E-state index in [1.165, 1.54) is 6.08 Å². The van der Waals surface area contributed by atoms with Crippen molar-refractivity contribution in [3.8, 4) is 11.3 Å². The zero-order valence-corrected chi connectivity index (χ0v) is 13.5. The fraction of sp³-hybridized carbons (Fsp3) is 0. The molecule has 0 unspecified atom stereocenters. The van der Waals surface area contributed by atoms with Crippen LogP contribution in [-0.2, 0) is 0 Å². The minimum atomic E-state index is -0.109. The molecule has 4 heteroatoms. The van der Waals surface area contributed by atoms with Gasteiger partial charge in [-0.2, -0.15) is 0 Å². The predicted molar refractivity (Wildman–Crippen MR) is 94.0 cm³/mol. The standard InChI is InChI=1S/C19H12Cl2O2/c20-15-6-4-13(5-7-15)18(22)10-8-17-9-11-19(23-17)14-2-1-3-16(21)12-14/h1-12H/b10-8+. The summed E-state index contributed by atoms with van der Waals surface area (Å²) in [5.74, 6) is 1.19. The van der Waals surface area contributed by atoms with Crippen molar-refractivity contribution in [1.82, 2.24) is 0 Å². The third-order valence-electron chi connectivity index (χ3n) is 3.26. The molecule has 0 saturated heterocycles. The summed E-state index contributed by atoms with van der Waals surface area (Å²) in [4.78, 5) is 12.1. The third kappa shape index (κ3) is 3.92. The smallest absolute Gasteiger partial charge is 0.185 e. The summed E-state index contributed by atoms with van der Waals surface area (Å²) in [6.07, 6.45) is 3.12. The zero-order valence-electron chi connectivity index (χ0n) is 12.0. The van der Waals surface area contributed by atoms with Crippen LogP contribution in [0.2, 0.25) is 10.0 Å². The van der Waals surface area contributed by atoms with Crippen LogP contribution in [0.15, 0.2) is 71.2 Å². The van der Waals surface area contributed by atoms with Gasteiger partial charge in [0.1, 0.15) is 11.5 Å². The van der Waals surface area contributed by atoms with Gasteiger partial charge in [0.2, 0.25) is 0 Å². The highest BCUT2D eigenvalue weighted by atomic mass is 35.5. The van der Waals surface area contributed by atoms with E-state index in [0.717, 1.165) is 5.56 Å². The van der Waals surface area contributed by atoms with Gasteiger partial charge in [-0.3, -0.25) is 4.79 Å². The van der Waals surface area contributed by atoms with Gasteiger partial charge >= 0.3 is 0 Å². The summed E-state index contributed by atoms with van der Waals surface area (Å²) in [7, 11) is 0. The lowest BCUT2D eigenvalue weighted by Crippen LogP contribution is -1.92. The largest absolute Gasteiger partial charge is 0.457 e. The summed E-state index contributed by atoms with van der Waals surface area (Å²) in [5.41, 5.74) is 1.47. The summed E-state index contributed by atoms with van der Waals surface area (Å²) < 4.78 is 5.71. The second-order valence-corrected chi connectivity index (χ2v) is 5.79. The van der Waals surface area contributed by atoms with E-state index >= 15 is 0 Å². The molecule has 0 atom stereocenters. The first-order chi connectivity index (χ1) is 11.1. The van der Waals surface area contributed by atoms with Crippen LogP contribution in [0.5, 0.6) is 0 Å². The Kier molecular flexibility index (Phi) is 4.65. The minimum absolute atomic E-state index is 0.109. The van der Waals surface area contributed by atoms with Gasteiger partial charge in [-0.25, -0.2) is 0 Å². The van der Waals surface area contributed by atoms with E-state index in [9.17, 15) is 4.79 Å². The number of rotatable bonds is 4. The summed E-state index contributed by atoms with van der Waals surface area (Å²) in [6.45, 7) is 0. The fourth-order valence-electron chi connectivity index (χ4n) is 2.11. The lowest BCUT2D eigenvalue weighted by molar-refractivity contribution is 0.104. The monoisotopic (exact) mass is 342 g/mol. The molecule has 0 aliphatic carbocycles. The Bertz CT molecular complexity index is 861. The van der Waals surface area contributed by atoms with Gasteiger partial charge in [-0.05, 0) is 60.7 Å². The van der Waals surface area contributed by atoms with Crippen molar-refractivity contribution in [2.75, 3.05) is 0 Å². The van der Waals surface area contributed by atoms with Crippen molar-refractivity contribution in [2.45, 2.75) is 0 Å². The Labute approximate surface area is 144 Å². The molecule has 3 aromatic rings. The van der Waals surface area contributed by atoms with Crippen molar-refractivity contribution in [3.63, 3.8) is 0 Å². The topological polar surface area (TPSA) is 30.2 Å². The summed E-state index contributed by atoms with van der Waals surface area (Å²) in [6, 6.07) is 17.8. The predicted octanol–water partition coefficient (Wildman–Crippen LogP) is 6.15. The maximum absolute atomic E-state index is 12.1. The van der Waals surface area contributed by atoms with Gasteiger partial charge in [0.15, 0.2) is 5.78 Å². The van der Waals surface area contributed by atoms with Crippen LogP contribution in [0.25, 0.3) is 17.4 Å². The first-order valence-corrected chi connectivity index (χ1v) is 7.71. The quantitative estimate of drug-likeness (QED) is 0.420. The highest BCUT2D eigenvalue weighted by molar-refractivity contribution is 6.31. The van der Waals surface area contributed by atoms with E-state index < -0.39 is 0 Å². The van der Waals surface area contributed by atoms with Crippen LogP contribution in [0.1, 0.15) is 16.1 Å². The Morgan fingerprint density at radius 3 is 2.43 bits per heavy atom. The molecule has 0 aliphatic heterocycles. The molecule has 0 bridgehead atoms. The third-order valence-corrected chi connectivity index (χ3v) is 3.75. The molecule has 0 N–H and O–H groups in total. The summed E-state index contributed by atoms with van der Waals surface area (Å²) in [5, 5.41) is 1.25. The maximum Gasteiger partial charge on any atom is 0.185 e. The van der Waals surface area contributed by atoms with Crippen LogP contribution in [0, 0.1) is 0 Å². The molecular formula is C19H12Cl2O2. The number of ketones is 1. The highest BCUT2D eigenvalue weighted by Crippen LogP contribution is 2.25. The molecule has 0 saturated carbocycles. The maximum atomic E-state index is 12.1. The molecule has 114 valence electrons. The van der Waals surface area contributed by atoms with Gasteiger partial charge in [-0.1, -0.05) is 35.3 Å². The molecule has 1 aromatic heterocycles. The van der Waals surface area contributed by atoms with Crippen molar-refractivity contribution >= 4 is 35.1 Å². The molecule has 23 heavy (non-hydrogen) atoms. The van der Waals surface area contributed by atoms with E-state index in [1.807, 2.05) is 30.3 Å². The Balaban J connectivity index is 1.76. The number of hydrogen-bond donors (Lipinski definition) is 0. The molecule has 0 spiro atoms. The number of furan rings is 1. The van der Waals surface area contributed by atoms with Crippen LogP contribution >= 0.6 is 23.2 Å². The number of halogens is 2. The van der Waals surface area contributed by atoms with E-state index in [2.05, 4.69) is 0 Å². The van der Waals surface area contributed by atoms with Gasteiger partial charge in [0.05, 0.1) is 0 Å².